The quantitative estimate of drug-likeness (QED) is 0.694. The molecule has 72 valence electrons. The molecule has 1 aliphatic rings. The lowest BCUT2D eigenvalue weighted by Gasteiger charge is -1.98. The van der Waals surface area contributed by atoms with E-state index >= 15 is 0 Å². The van der Waals surface area contributed by atoms with E-state index in [1.54, 1.807) is 0 Å². The van der Waals surface area contributed by atoms with Crippen LogP contribution < -0.4 is 10.6 Å². The molecule has 1 aliphatic carbocycles. The summed E-state index contributed by atoms with van der Waals surface area (Å²) in [6.07, 6.45) is 7.10. The van der Waals surface area contributed by atoms with Crippen LogP contribution in [-0.4, -0.2) is 10.1 Å². The Kier molecular flexibility index (Phi) is 2.46. The fourth-order valence-corrected chi connectivity index (χ4v) is 1.61. The van der Waals surface area contributed by atoms with E-state index in [2.05, 4.69) is 18.0 Å². The van der Waals surface area contributed by atoms with Gasteiger partial charge >= 0.3 is 0 Å². The van der Waals surface area contributed by atoms with Crippen molar-refractivity contribution in [3.05, 3.63) is 40.5 Å². The van der Waals surface area contributed by atoms with Gasteiger partial charge in [0.15, 0.2) is 0 Å². The fraction of sp³-hybridized carbons (Fsp3) is 0.250. The van der Waals surface area contributed by atoms with Gasteiger partial charge in [0.2, 0.25) is 0 Å². The molecule has 0 fully saturated rings. The highest BCUT2D eigenvalue weighted by atomic mass is 16.3. The Bertz CT molecular complexity index is 486. The van der Waals surface area contributed by atoms with Crippen LogP contribution in [0.15, 0.2) is 24.3 Å². The molecule has 0 atom stereocenters. The Balaban J connectivity index is 2.75. The molecule has 0 radical (unpaired) electrons. The van der Waals surface area contributed by atoms with Gasteiger partial charge in [0.25, 0.3) is 0 Å². The predicted octanol–water partition coefficient (Wildman–Crippen LogP) is 0.485. The lowest BCUT2D eigenvalue weighted by molar-refractivity contribution is 0.276. The first-order chi connectivity index (χ1) is 6.81. The summed E-state index contributed by atoms with van der Waals surface area (Å²) in [5, 5.41) is 11.1. The van der Waals surface area contributed by atoms with Crippen LogP contribution in [0.3, 0.4) is 0 Å². The first-order valence-corrected chi connectivity index (χ1v) is 4.74. The maximum Gasteiger partial charge on any atom is 0.0853 e. The van der Waals surface area contributed by atoms with Crippen molar-refractivity contribution in [2.45, 2.75) is 20.0 Å². The van der Waals surface area contributed by atoms with Gasteiger partial charge in [0.1, 0.15) is 0 Å². The highest BCUT2D eigenvalue weighted by molar-refractivity contribution is 5.50. The number of aromatic nitrogens is 1. The van der Waals surface area contributed by atoms with Crippen LogP contribution in [0, 0.1) is 0 Å². The molecular weight excluding hydrogens is 174 g/mol. The molecule has 1 heterocycles. The molecule has 1 aromatic rings. The summed E-state index contributed by atoms with van der Waals surface area (Å²) in [5.41, 5.74) is 2.05. The maximum atomic E-state index is 8.97. The minimum atomic E-state index is 0.00385. The van der Waals surface area contributed by atoms with Crippen LogP contribution in [0.5, 0.6) is 0 Å². The fourth-order valence-electron chi connectivity index (χ4n) is 1.61. The van der Waals surface area contributed by atoms with Crippen LogP contribution in [0.1, 0.15) is 19.0 Å². The second kappa shape index (κ2) is 3.76. The van der Waals surface area contributed by atoms with Gasteiger partial charge in [-0.3, -0.25) is 4.98 Å². The van der Waals surface area contributed by atoms with Gasteiger partial charge in [-0.15, -0.1) is 0 Å². The van der Waals surface area contributed by atoms with Crippen molar-refractivity contribution in [1.29, 1.82) is 0 Å². The molecule has 0 saturated carbocycles. The van der Waals surface area contributed by atoms with E-state index in [-0.39, 0.29) is 6.61 Å². The molecular formula is C12H13NO. The van der Waals surface area contributed by atoms with E-state index in [1.807, 2.05) is 24.3 Å². The second-order valence-corrected chi connectivity index (χ2v) is 3.47. The van der Waals surface area contributed by atoms with E-state index in [4.69, 9.17) is 5.11 Å². The molecule has 0 bridgehead atoms. The van der Waals surface area contributed by atoms with Crippen LogP contribution in [0.2, 0.25) is 0 Å². The summed E-state index contributed by atoms with van der Waals surface area (Å²) < 4.78 is 0. The summed E-state index contributed by atoms with van der Waals surface area (Å²) in [5.74, 6) is 0. The van der Waals surface area contributed by atoms with E-state index < -0.39 is 0 Å². The highest BCUT2D eigenvalue weighted by Gasteiger charge is 1.97. The van der Waals surface area contributed by atoms with E-state index in [1.165, 1.54) is 10.8 Å². The van der Waals surface area contributed by atoms with Gasteiger partial charge in [-0.1, -0.05) is 23.8 Å². The van der Waals surface area contributed by atoms with Crippen molar-refractivity contribution in [3.8, 4) is 0 Å². The number of fused-ring (bicyclic) bond motifs is 1. The number of hydrogen-bond acceptors (Lipinski definition) is 2. The topological polar surface area (TPSA) is 33.1 Å². The van der Waals surface area contributed by atoms with Gasteiger partial charge in [0.05, 0.1) is 17.6 Å². The molecule has 0 unspecified atom stereocenters. The number of rotatable bonds is 1. The average molecular weight is 187 g/mol. The maximum absolute atomic E-state index is 8.97. The molecule has 2 nitrogen and oxygen atoms in total. The van der Waals surface area contributed by atoms with Gasteiger partial charge in [-0.05, 0) is 30.7 Å². The van der Waals surface area contributed by atoms with E-state index in [9.17, 15) is 0 Å². The zero-order valence-corrected chi connectivity index (χ0v) is 8.20. The predicted molar refractivity (Wildman–Crippen MR) is 56.7 cm³/mol. The normalized spacial score (nSPS) is 14.6. The molecule has 2 heteroatoms. The van der Waals surface area contributed by atoms with Gasteiger partial charge in [-0.2, -0.15) is 0 Å². The Morgan fingerprint density at radius 3 is 3.07 bits per heavy atom. The van der Waals surface area contributed by atoms with Crippen LogP contribution >= 0.6 is 0 Å². The third-order valence-electron chi connectivity index (χ3n) is 2.42. The molecule has 0 aliphatic heterocycles. The molecule has 0 spiro atoms. The van der Waals surface area contributed by atoms with Crippen LogP contribution in [-0.2, 0) is 6.61 Å². The third kappa shape index (κ3) is 1.61. The van der Waals surface area contributed by atoms with Crippen molar-refractivity contribution < 1.29 is 5.11 Å². The largest absolute Gasteiger partial charge is 0.390 e. The van der Waals surface area contributed by atoms with Crippen LogP contribution in [0.4, 0.5) is 0 Å². The zero-order valence-electron chi connectivity index (χ0n) is 8.20. The lowest BCUT2D eigenvalue weighted by atomic mass is 10.1. The Morgan fingerprint density at radius 2 is 2.29 bits per heavy atom. The Labute approximate surface area is 82.9 Å². The molecule has 0 amide bonds. The minimum absolute atomic E-state index is 0.00385. The standard InChI is InChI=1S/C12H13NO/c1-9-4-2-3-5-12-11(9)7-6-10(8-14)13-12/h2-3,5-7,14H,4,8H2,1H3. The summed E-state index contributed by atoms with van der Waals surface area (Å²) in [7, 11) is 0. The number of nitrogens with zero attached hydrogens (tertiary/aromatic N) is 1. The van der Waals surface area contributed by atoms with E-state index in [0.29, 0.717) is 0 Å². The highest BCUT2D eigenvalue weighted by Crippen LogP contribution is 2.01. The molecule has 14 heavy (non-hydrogen) atoms. The number of aliphatic hydroxyl groups excluding tert-OH is 1. The molecule has 0 saturated heterocycles. The first-order valence-electron chi connectivity index (χ1n) is 4.74. The number of aliphatic hydroxyl groups is 1. The van der Waals surface area contributed by atoms with Crippen molar-refractivity contribution in [3.63, 3.8) is 0 Å². The van der Waals surface area contributed by atoms with Gasteiger partial charge < -0.3 is 5.11 Å². The summed E-state index contributed by atoms with van der Waals surface area (Å²) in [6.45, 7) is 2.12. The zero-order chi connectivity index (χ0) is 9.97. The second-order valence-electron chi connectivity index (χ2n) is 3.47. The monoisotopic (exact) mass is 187 g/mol. The Hall–Kier alpha value is -1.41. The van der Waals surface area contributed by atoms with Crippen molar-refractivity contribution in [2.24, 2.45) is 0 Å². The Morgan fingerprint density at radius 1 is 1.43 bits per heavy atom. The van der Waals surface area contributed by atoms with Crippen molar-refractivity contribution in [1.82, 2.24) is 4.98 Å². The summed E-state index contributed by atoms with van der Waals surface area (Å²) in [4.78, 5) is 4.36. The summed E-state index contributed by atoms with van der Waals surface area (Å²) >= 11 is 0. The van der Waals surface area contributed by atoms with Crippen molar-refractivity contribution in [2.75, 3.05) is 0 Å². The third-order valence-corrected chi connectivity index (χ3v) is 2.42. The molecule has 0 aromatic carbocycles. The number of pyridine rings is 1. The molecule has 1 N–H and O–H groups in total. The minimum Gasteiger partial charge on any atom is -0.390 e. The molecule has 2 rings (SSSR count). The summed E-state index contributed by atoms with van der Waals surface area (Å²) in [6, 6.07) is 3.91. The van der Waals surface area contributed by atoms with Gasteiger partial charge in [0, 0.05) is 0 Å². The SMILES string of the molecule is CC1=c2ccc(CO)nc2=CC=CC1. The molecule has 1 aromatic heterocycles. The van der Waals surface area contributed by atoms with Crippen molar-refractivity contribution >= 4 is 11.6 Å². The van der Waals surface area contributed by atoms with Gasteiger partial charge in [-0.25, -0.2) is 0 Å². The van der Waals surface area contributed by atoms with E-state index in [0.717, 1.165) is 17.5 Å². The van der Waals surface area contributed by atoms with Crippen LogP contribution in [0.25, 0.3) is 11.6 Å². The number of allylic oxidation sites excluding steroid dienone is 2. The number of hydrogen-bond donors (Lipinski definition) is 1. The average Bonchev–Trinajstić information content (AvgIpc) is 2.40. The smallest absolute Gasteiger partial charge is 0.0853 e. The first kappa shape index (κ1) is 9.16. The lowest BCUT2D eigenvalue weighted by Crippen LogP contribution is -2.30.